The Morgan fingerprint density at radius 3 is 2.68 bits per heavy atom. The van der Waals surface area contributed by atoms with Crippen LogP contribution in [0.4, 0.5) is 5.69 Å². The van der Waals surface area contributed by atoms with Gasteiger partial charge in [-0.3, -0.25) is 4.79 Å². The Morgan fingerprint density at radius 1 is 1.11 bits per heavy atom. The van der Waals surface area contributed by atoms with E-state index in [4.69, 9.17) is 9.15 Å². The first kappa shape index (κ1) is 18.5. The molecular formula is C19H16N2O5S2. The van der Waals surface area contributed by atoms with Crippen molar-refractivity contribution in [3.8, 4) is 5.75 Å². The largest absolute Gasteiger partial charge is 0.495 e. The van der Waals surface area contributed by atoms with Gasteiger partial charge in [0.2, 0.25) is 5.91 Å². The van der Waals surface area contributed by atoms with E-state index in [2.05, 4.69) is 10.0 Å². The molecule has 0 fully saturated rings. The Morgan fingerprint density at radius 2 is 1.93 bits per heavy atom. The summed E-state index contributed by atoms with van der Waals surface area (Å²) in [5, 5.41) is 6.13. The van der Waals surface area contributed by atoms with Crippen molar-refractivity contribution in [2.75, 3.05) is 19.0 Å². The molecule has 28 heavy (non-hydrogen) atoms. The van der Waals surface area contributed by atoms with E-state index in [0.717, 1.165) is 27.7 Å². The normalized spacial score (nSPS) is 11.8. The third-order valence-electron chi connectivity index (χ3n) is 4.16. The molecule has 0 saturated heterocycles. The minimum Gasteiger partial charge on any atom is -0.495 e. The van der Waals surface area contributed by atoms with Crippen LogP contribution in [0.3, 0.4) is 0 Å². The fraction of sp³-hybridized carbons (Fsp3) is 0.105. The van der Waals surface area contributed by atoms with Crippen LogP contribution in [-0.2, 0) is 14.8 Å². The lowest BCUT2D eigenvalue weighted by atomic mass is 10.1. The molecule has 0 atom stereocenters. The molecule has 4 rings (SSSR count). The van der Waals surface area contributed by atoms with Crippen LogP contribution in [0.2, 0.25) is 0 Å². The molecule has 0 aliphatic carbocycles. The number of nitrogens with one attached hydrogen (secondary N) is 2. The van der Waals surface area contributed by atoms with Gasteiger partial charge in [0.15, 0.2) is 0 Å². The van der Waals surface area contributed by atoms with Crippen LogP contribution in [0.15, 0.2) is 62.5 Å². The fourth-order valence-corrected chi connectivity index (χ4v) is 4.88. The lowest BCUT2D eigenvalue weighted by molar-refractivity contribution is -0.115. The Balaban J connectivity index is 1.56. The second kappa shape index (κ2) is 7.27. The topological polar surface area (TPSA) is 97.6 Å². The van der Waals surface area contributed by atoms with E-state index in [-0.39, 0.29) is 4.21 Å². The van der Waals surface area contributed by atoms with E-state index in [1.165, 1.54) is 13.2 Å². The SMILES string of the molecule is COc1cc2c(cc1NC(=O)CNS(=O)(=O)c1cccs1)oc1ccccc12. The number of carbonyl (C=O) groups is 1. The molecule has 2 N–H and O–H groups in total. The summed E-state index contributed by atoms with van der Waals surface area (Å²) in [4.78, 5) is 12.3. The van der Waals surface area contributed by atoms with Crippen LogP contribution in [-0.4, -0.2) is 28.0 Å². The average Bonchev–Trinajstić information content (AvgIpc) is 3.34. The smallest absolute Gasteiger partial charge is 0.250 e. The maximum Gasteiger partial charge on any atom is 0.250 e. The van der Waals surface area contributed by atoms with Crippen molar-refractivity contribution < 1.29 is 22.4 Å². The van der Waals surface area contributed by atoms with Gasteiger partial charge in [-0.05, 0) is 23.6 Å². The maximum absolute atomic E-state index is 12.3. The molecule has 0 unspecified atom stereocenters. The van der Waals surface area contributed by atoms with E-state index >= 15 is 0 Å². The molecule has 144 valence electrons. The summed E-state index contributed by atoms with van der Waals surface area (Å²) in [5.41, 5.74) is 1.72. The Kier molecular flexibility index (Phi) is 4.80. The van der Waals surface area contributed by atoms with Gasteiger partial charge < -0.3 is 14.5 Å². The molecule has 0 saturated carbocycles. The standard InChI is InChI=1S/C19H16N2O5S2/c1-25-17-9-13-12-5-2-3-6-15(12)26-16(13)10-14(17)21-18(22)11-20-28(23,24)19-7-4-8-27-19/h2-10,20H,11H2,1H3,(H,21,22). The van der Waals surface area contributed by atoms with Crippen LogP contribution >= 0.6 is 11.3 Å². The van der Waals surface area contributed by atoms with Gasteiger partial charge in [-0.15, -0.1) is 11.3 Å². The number of methoxy groups -OCH3 is 1. The van der Waals surface area contributed by atoms with E-state index in [1.807, 2.05) is 24.3 Å². The minimum atomic E-state index is -3.71. The molecule has 2 aromatic carbocycles. The summed E-state index contributed by atoms with van der Waals surface area (Å²) in [6.07, 6.45) is 0. The molecule has 0 radical (unpaired) electrons. The Hall–Kier alpha value is -2.88. The molecule has 7 nitrogen and oxygen atoms in total. The van der Waals surface area contributed by atoms with Crippen molar-refractivity contribution in [3.63, 3.8) is 0 Å². The number of amides is 1. The van der Waals surface area contributed by atoms with Gasteiger partial charge in [-0.1, -0.05) is 24.3 Å². The first-order valence-corrected chi connectivity index (χ1v) is 10.7. The molecule has 2 heterocycles. The zero-order valence-electron chi connectivity index (χ0n) is 14.8. The number of fused-ring (bicyclic) bond motifs is 3. The number of hydrogen-bond acceptors (Lipinski definition) is 6. The maximum atomic E-state index is 12.3. The highest BCUT2D eigenvalue weighted by atomic mass is 32.2. The molecule has 0 spiro atoms. The van der Waals surface area contributed by atoms with Crippen LogP contribution in [0.1, 0.15) is 0 Å². The summed E-state index contributed by atoms with van der Waals surface area (Å²) in [6, 6.07) is 14.2. The van der Waals surface area contributed by atoms with Crippen LogP contribution in [0.5, 0.6) is 5.75 Å². The summed E-state index contributed by atoms with van der Waals surface area (Å²) in [6.45, 7) is -0.401. The van der Waals surface area contributed by atoms with Gasteiger partial charge >= 0.3 is 0 Å². The number of sulfonamides is 1. The highest BCUT2D eigenvalue weighted by Crippen LogP contribution is 2.36. The average molecular weight is 416 g/mol. The van der Waals surface area contributed by atoms with Crippen molar-refractivity contribution >= 4 is 54.9 Å². The first-order valence-electron chi connectivity index (χ1n) is 8.30. The quantitative estimate of drug-likeness (QED) is 0.501. The first-order chi connectivity index (χ1) is 13.5. The fourth-order valence-electron chi connectivity index (χ4n) is 2.86. The number of ether oxygens (including phenoxy) is 1. The summed E-state index contributed by atoms with van der Waals surface area (Å²) < 4.78 is 37.9. The van der Waals surface area contributed by atoms with Crippen LogP contribution in [0.25, 0.3) is 21.9 Å². The van der Waals surface area contributed by atoms with E-state index in [1.54, 1.807) is 23.6 Å². The molecule has 9 heteroatoms. The Labute approximate surface area is 165 Å². The van der Waals surface area contributed by atoms with Crippen LogP contribution < -0.4 is 14.8 Å². The van der Waals surface area contributed by atoms with Crippen molar-refractivity contribution in [1.82, 2.24) is 4.72 Å². The second-order valence-electron chi connectivity index (χ2n) is 5.95. The second-order valence-corrected chi connectivity index (χ2v) is 8.89. The lowest BCUT2D eigenvalue weighted by Crippen LogP contribution is -2.32. The molecular weight excluding hydrogens is 400 g/mol. The number of rotatable bonds is 6. The minimum absolute atomic E-state index is 0.154. The van der Waals surface area contributed by atoms with E-state index < -0.39 is 22.5 Å². The number of thiophene rings is 1. The van der Waals surface area contributed by atoms with Gasteiger partial charge in [0.1, 0.15) is 21.1 Å². The lowest BCUT2D eigenvalue weighted by Gasteiger charge is -2.11. The number of para-hydroxylation sites is 1. The third kappa shape index (κ3) is 3.47. The van der Waals surface area contributed by atoms with Gasteiger partial charge in [-0.2, -0.15) is 0 Å². The third-order valence-corrected chi connectivity index (χ3v) is 6.95. The van der Waals surface area contributed by atoms with Gasteiger partial charge in [0.05, 0.1) is 19.3 Å². The molecule has 0 bridgehead atoms. The van der Waals surface area contributed by atoms with Crippen molar-refractivity contribution in [3.05, 3.63) is 53.9 Å². The summed E-state index contributed by atoms with van der Waals surface area (Å²) in [7, 11) is -2.22. The highest BCUT2D eigenvalue weighted by Gasteiger charge is 2.18. The summed E-state index contributed by atoms with van der Waals surface area (Å²) >= 11 is 1.08. The number of anilines is 1. The number of hydrogen-bond donors (Lipinski definition) is 2. The van der Waals surface area contributed by atoms with Crippen molar-refractivity contribution in [1.29, 1.82) is 0 Å². The van der Waals surface area contributed by atoms with Gasteiger partial charge in [0, 0.05) is 16.8 Å². The molecule has 0 aliphatic rings. The number of carbonyl (C=O) groups excluding carboxylic acids is 1. The molecule has 4 aromatic rings. The van der Waals surface area contributed by atoms with E-state index in [9.17, 15) is 13.2 Å². The number of benzene rings is 2. The van der Waals surface area contributed by atoms with Gasteiger partial charge in [-0.25, -0.2) is 13.1 Å². The predicted molar refractivity (Wildman–Crippen MR) is 108 cm³/mol. The highest BCUT2D eigenvalue weighted by molar-refractivity contribution is 7.91. The zero-order valence-corrected chi connectivity index (χ0v) is 16.4. The molecule has 2 aromatic heterocycles. The monoisotopic (exact) mass is 416 g/mol. The Bertz CT molecular complexity index is 1260. The molecule has 0 aliphatic heterocycles. The summed E-state index contributed by atoms with van der Waals surface area (Å²) in [5.74, 6) is -0.0672. The van der Waals surface area contributed by atoms with Gasteiger partial charge in [0.25, 0.3) is 10.0 Å². The van der Waals surface area contributed by atoms with Crippen LogP contribution in [0, 0.1) is 0 Å². The predicted octanol–water partition coefficient (Wildman–Crippen LogP) is 3.57. The number of furan rings is 1. The van der Waals surface area contributed by atoms with Crippen molar-refractivity contribution in [2.45, 2.75) is 4.21 Å². The zero-order chi connectivity index (χ0) is 19.7. The van der Waals surface area contributed by atoms with Crippen molar-refractivity contribution in [2.24, 2.45) is 0 Å². The molecule has 1 amide bonds. The van der Waals surface area contributed by atoms with E-state index in [0.29, 0.717) is 17.0 Å².